The number of Topliss-reactive ketones (excluding diaryl/α,β-unsaturated/α-hetero) is 3. The molecule has 2 aromatic carbocycles. The summed E-state index contributed by atoms with van der Waals surface area (Å²) in [4.78, 5) is 52.7. The van der Waals surface area contributed by atoms with Crippen LogP contribution in [-0.4, -0.2) is 69.2 Å². The molecule has 0 heterocycles. The minimum atomic E-state index is -2.76. The molecule has 2 aliphatic carbocycles. The number of phenols is 2. The molecule has 31 heavy (non-hydrogen) atoms. The first-order chi connectivity index (χ1) is 14.4. The maximum Gasteiger partial charge on any atom is 0.235 e. The molecule has 1 fully saturated rings. The Morgan fingerprint density at radius 2 is 1.87 bits per heavy atom. The van der Waals surface area contributed by atoms with E-state index in [1.54, 1.807) is 0 Å². The van der Waals surface area contributed by atoms with Gasteiger partial charge in [-0.15, -0.1) is 0 Å². The first-order valence-corrected chi connectivity index (χ1v) is 9.77. The molecule has 0 aliphatic heterocycles. The molecular formula is C21H19ClN2O7. The van der Waals surface area contributed by atoms with E-state index in [2.05, 4.69) is 0 Å². The number of likely N-dealkylation sites (N-methyl/N-ethyl adjacent to an activating group) is 1. The highest BCUT2D eigenvalue weighted by Crippen LogP contribution is 2.49. The standard InChI is InChI=1S/C21H19ClN2O7/c1-24(2)15-9-6-7-5-8-10(22)3-4-11(25)13(8)16(26)12(7)18(28)21(9,31)19(29)14(17(15)27)20(23)30/h3-5,9,14-15,25-26,31H,6H2,1-2H3,(H2,23,30). The number of aliphatic hydroxyl groups is 1. The lowest BCUT2D eigenvalue weighted by Crippen LogP contribution is -2.71. The number of benzene rings is 2. The van der Waals surface area contributed by atoms with Gasteiger partial charge in [-0.25, -0.2) is 0 Å². The summed E-state index contributed by atoms with van der Waals surface area (Å²) in [7, 11) is 3.03. The summed E-state index contributed by atoms with van der Waals surface area (Å²) in [6.07, 6.45) is -0.140. The second-order valence-corrected chi connectivity index (χ2v) is 8.57. The molecule has 162 valence electrons. The fourth-order valence-electron chi connectivity index (χ4n) is 4.89. The summed E-state index contributed by atoms with van der Waals surface area (Å²) in [5.74, 6) is -8.74. The zero-order valence-corrected chi connectivity index (χ0v) is 17.3. The number of amides is 1. The molecule has 0 saturated heterocycles. The lowest BCUT2D eigenvalue weighted by molar-refractivity contribution is -0.162. The SMILES string of the molecule is CN(C)C1C(=O)C(C(N)=O)C(=O)C2(O)C(=O)c3c(cc4c(Cl)ccc(O)c4c3O)CC12. The highest BCUT2D eigenvalue weighted by atomic mass is 35.5. The van der Waals surface area contributed by atoms with Crippen LogP contribution in [-0.2, 0) is 20.8 Å². The van der Waals surface area contributed by atoms with E-state index in [-0.39, 0.29) is 39.1 Å². The maximum absolute atomic E-state index is 13.5. The Bertz CT molecular complexity index is 1210. The van der Waals surface area contributed by atoms with Crippen LogP contribution in [0.3, 0.4) is 0 Å². The van der Waals surface area contributed by atoms with Gasteiger partial charge in [-0.2, -0.15) is 0 Å². The van der Waals surface area contributed by atoms with Crippen LogP contribution < -0.4 is 5.73 Å². The summed E-state index contributed by atoms with van der Waals surface area (Å²) in [5.41, 5.74) is 2.38. The van der Waals surface area contributed by atoms with Crippen LogP contribution in [0.2, 0.25) is 5.02 Å². The lowest BCUT2D eigenvalue weighted by Gasteiger charge is -2.48. The van der Waals surface area contributed by atoms with E-state index in [1.807, 2.05) is 0 Å². The van der Waals surface area contributed by atoms with Crippen molar-refractivity contribution in [3.63, 3.8) is 0 Å². The Kier molecular flexibility index (Phi) is 4.62. The van der Waals surface area contributed by atoms with Crippen LogP contribution in [0.25, 0.3) is 10.8 Å². The summed E-state index contributed by atoms with van der Waals surface area (Å²) < 4.78 is 0. The van der Waals surface area contributed by atoms with Gasteiger partial charge in [0.15, 0.2) is 23.1 Å². The Balaban J connectivity index is 2.04. The molecular weight excluding hydrogens is 428 g/mol. The first kappa shape index (κ1) is 21.2. The number of aromatic hydroxyl groups is 2. The van der Waals surface area contributed by atoms with Crippen molar-refractivity contribution >= 4 is 45.6 Å². The van der Waals surface area contributed by atoms with Gasteiger partial charge in [-0.3, -0.25) is 24.1 Å². The Labute approximate surface area is 181 Å². The predicted molar refractivity (Wildman–Crippen MR) is 109 cm³/mol. The van der Waals surface area contributed by atoms with E-state index < -0.39 is 52.5 Å². The van der Waals surface area contributed by atoms with E-state index in [1.165, 1.54) is 37.2 Å². The van der Waals surface area contributed by atoms with Crippen molar-refractivity contribution in [2.75, 3.05) is 14.1 Å². The van der Waals surface area contributed by atoms with Gasteiger partial charge in [-0.1, -0.05) is 11.6 Å². The van der Waals surface area contributed by atoms with Crippen molar-refractivity contribution < 1.29 is 34.5 Å². The fraction of sp³-hybridized carbons (Fsp3) is 0.333. The van der Waals surface area contributed by atoms with E-state index >= 15 is 0 Å². The number of hydrogen-bond acceptors (Lipinski definition) is 8. The lowest BCUT2D eigenvalue weighted by atomic mass is 9.58. The molecule has 0 radical (unpaired) electrons. The molecule has 4 rings (SSSR count). The number of carbonyl (C=O) groups is 4. The molecule has 5 N–H and O–H groups in total. The van der Waals surface area contributed by atoms with Gasteiger partial charge < -0.3 is 21.1 Å². The number of fused-ring (bicyclic) bond motifs is 3. The summed E-state index contributed by atoms with van der Waals surface area (Å²) in [5, 5.41) is 32.8. The molecule has 10 heteroatoms. The number of phenolic OH excluding ortho intramolecular Hbond substituents is 2. The third-order valence-electron chi connectivity index (χ3n) is 6.27. The summed E-state index contributed by atoms with van der Waals surface area (Å²) in [6, 6.07) is 2.97. The number of nitrogens with two attached hydrogens (primary N) is 1. The zero-order valence-electron chi connectivity index (χ0n) is 16.5. The quantitative estimate of drug-likeness (QED) is 0.475. The van der Waals surface area contributed by atoms with Crippen LogP contribution in [0.5, 0.6) is 11.5 Å². The van der Waals surface area contributed by atoms with Crippen molar-refractivity contribution in [1.29, 1.82) is 0 Å². The molecule has 1 saturated carbocycles. The van der Waals surface area contributed by atoms with Gasteiger partial charge in [0, 0.05) is 16.3 Å². The van der Waals surface area contributed by atoms with Gasteiger partial charge in [0.1, 0.15) is 11.5 Å². The monoisotopic (exact) mass is 446 g/mol. The van der Waals surface area contributed by atoms with Crippen molar-refractivity contribution in [1.82, 2.24) is 4.90 Å². The number of ketones is 3. The van der Waals surface area contributed by atoms with Crippen molar-refractivity contribution in [3.05, 3.63) is 34.3 Å². The van der Waals surface area contributed by atoms with Crippen LogP contribution in [0.4, 0.5) is 0 Å². The van der Waals surface area contributed by atoms with Crippen molar-refractivity contribution in [2.24, 2.45) is 17.6 Å². The zero-order chi connectivity index (χ0) is 23.0. The molecule has 0 bridgehead atoms. The maximum atomic E-state index is 13.5. The number of nitrogens with zero attached hydrogens (tertiary/aromatic N) is 1. The largest absolute Gasteiger partial charge is 0.507 e. The van der Waals surface area contributed by atoms with Gasteiger partial charge in [0.05, 0.1) is 17.0 Å². The second kappa shape index (κ2) is 6.74. The second-order valence-electron chi connectivity index (χ2n) is 8.16. The van der Waals surface area contributed by atoms with Gasteiger partial charge in [0.2, 0.25) is 11.7 Å². The molecule has 9 nitrogen and oxygen atoms in total. The van der Waals surface area contributed by atoms with E-state index in [9.17, 15) is 34.5 Å². The van der Waals surface area contributed by atoms with Crippen LogP contribution >= 0.6 is 11.6 Å². The van der Waals surface area contributed by atoms with Gasteiger partial charge in [-0.05, 0) is 44.3 Å². The van der Waals surface area contributed by atoms with Crippen LogP contribution in [0, 0.1) is 11.8 Å². The molecule has 4 unspecified atom stereocenters. The van der Waals surface area contributed by atoms with Gasteiger partial charge in [0.25, 0.3) is 0 Å². The van der Waals surface area contributed by atoms with Crippen LogP contribution in [0.1, 0.15) is 15.9 Å². The Hall–Kier alpha value is -3.01. The smallest absolute Gasteiger partial charge is 0.235 e. The first-order valence-electron chi connectivity index (χ1n) is 9.39. The van der Waals surface area contributed by atoms with E-state index in [4.69, 9.17) is 17.3 Å². The average molecular weight is 447 g/mol. The molecule has 0 spiro atoms. The molecule has 2 aromatic rings. The topological polar surface area (TPSA) is 158 Å². The minimum absolute atomic E-state index is 0.114. The third kappa shape index (κ3) is 2.63. The molecule has 1 amide bonds. The molecule has 4 atom stereocenters. The van der Waals surface area contributed by atoms with Crippen molar-refractivity contribution in [2.45, 2.75) is 18.1 Å². The number of primary amides is 1. The highest BCUT2D eigenvalue weighted by molar-refractivity contribution is 6.37. The summed E-state index contributed by atoms with van der Waals surface area (Å²) >= 11 is 6.20. The number of hydrogen-bond donors (Lipinski definition) is 4. The third-order valence-corrected chi connectivity index (χ3v) is 6.60. The normalized spacial score (nSPS) is 28.0. The average Bonchev–Trinajstić information content (AvgIpc) is 2.67. The fourth-order valence-corrected chi connectivity index (χ4v) is 5.10. The van der Waals surface area contributed by atoms with Crippen LogP contribution in [0.15, 0.2) is 18.2 Å². The number of halogens is 1. The highest BCUT2D eigenvalue weighted by Gasteiger charge is 2.66. The number of carbonyl (C=O) groups excluding carboxylic acids is 4. The Morgan fingerprint density at radius 3 is 2.45 bits per heavy atom. The predicted octanol–water partition coefficient (Wildman–Crippen LogP) is 0.174. The minimum Gasteiger partial charge on any atom is -0.507 e. The van der Waals surface area contributed by atoms with E-state index in [0.29, 0.717) is 0 Å². The Morgan fingerprint density at radius 1 is 1.23 bits per heavy atom. The summed E-state index contributed by atoms with van der Waals surface area (Å²) in [6.45, 7) is 0. The molecule has 2 aliphatic rings. The van der Waals surface area contributed by atoms with Gasteiger partial charge >= 0.3 is 0 Å². The van der Waals surface area contributed by atoms with Crippen molar-refractivity contribution in [3.8, 4) is 11.5 Å². The van der Waals surface area contributed by atoms with E-state index in [0.717, 1.165) is 0 Å². The molecule has 0 aromatic heterocycles. The number of rotatable bonds is 2.